The maximum atomic E-state index is 13.2. The highest BCUT2D eigenvalue weighted by atomic mass is 16.7. The number of carbonyl (C=O) groups excluding carboxylic acids is 4. The van der Waals surface area contributed by atoms with Gasteiger partial charge in [0.15, 0.2) is 18.5 Å². The van der Waals surface area contributed by atoms with Gasteiger partial charge in [-0.1, -0.05) is 54.6 Å². The number of hydrogen-bond acceptors (Lipinski definition) is 9. The summed E-state index contributed by atoms with van der Waals surface area (Å²) in [6, 6.07) is 23.7. The SMILES string of the molecule is COC1OC(COC(=O)c2ccccc2)C(OC(=O)c2ccccc2)C(OC(=O)c2ccccc2)C1NC(C)=O. The van der Waals surface area contributed by atoms with Gasteiger partial charge >= 0.3 is 17.9 Å². The minimum Gasteiger partial charge on any atom is -0.459 e. The van der Waals surface area contributed by atoms with Gasteiger partial charge in [0, 0.05) is 14.0 Å². The van der Waals surface area contributed by atoms with E-state index in [1.807, 2.05) is 0 Å². The average molecular weight is 548 g/mol. The summed E-state index contributed by atoms with van der Waals surface area (Å²) >= 11 is 0. The van der Waals surface area contributed by atoms with Crippen LogP contribution in [0.15, 0.2) is 91.0 Å². The fourth-order valence-corrected chi connectivity index (χ4v) is 4.26. The first-order valence-electron chi connectivity index (χ1n) is 12.6. The van der Waals surface area contributed by atoms with Crippen LogP contribution >= 0.6 is 0 Å². The largest absolute Gasteiger partial charge is 0.459 e. The molecule has 0 saturated carbocycles. The van der Waals surface area contributed by atoms with Crippen molar-refractivity contribution in [1.82, 2.24) is 5.32 Å². The van der Waals surface area contributed by atoms with Crippen LogP contribution in [0.5, 0.6) is 0 Å². The zero-order valence-corrected chi connectivity index (χ0v) is 21.9. The van der Waals surface area contributed by atoms with Gasteiger partial charge in [0.2, 0.25) is 5.91 Å². The molecule has 10 nitrogen and oxygen atoms in total. The van der Waals surface area contributed by atoms with Gasteiger partial charge in [-0.05, 0) is 36.4 Å². The Morgan fingerprint density at radius 3 is 1.60 bits per heavy atom. The van der Waals surface area contributed by atoms with Gasteiger partial charge in [0.1, 0.15) is 18.8 Å². The third-order valence-corrected chi connectivity index (χ3v) is 6.14. The van der Waals surface area contributed by atoms with Crippen molar-refractivity contribution in [1.29, 1.82) is 0 Å². The first kappa shape index (κ1) is 28.5. The molecule has 1 aliphatic rings. The summed E-state index contributed by atoms with van der Waals surface area (Å²) in [4.78, 5) is 51.1. The van der Waals surface area contributed by atoms with Crippen molar-refractivity contribution in [3.8, 4) is 0 Å². The lowest BCUT2D eigenvalue weighted by atomic mass is 9.95. The van der Waals surface area contributed by atoms with Crippen molar-refractivity contribution in [3.63, 3.8) is 0 Å². The number of amides is 1. The highest BCUT2D eigenvalue weighted by Gasteiger charge is 2.51. The Hall–Kier alpha value is -4.54. The van der Waals surface area contributed by atoms with Gasteiger partial charge in [0.05, 0.1) is 16.7 Å². The lowest BCUT2D eigenvalue weighted by molar-refractivity contribution is -0.261. The van der Waals surface area contributed by atoms with E-state index in [0.717, 1.165) is 0 Å². The number of benzene rings is 3. The number of rotatable bonds is 9. The van der Waals surface area contributed by atoms with Crippen LogP contribution in [-0.4, -0.2) is 68.2 Å². The van der Waals surface area contributed by atoms with Crippen molar-refractivity contribution in [2.24, 2.45) is 0 Å². The van der Waals surface area contributed by atoms with E-state index in [-0.39, 0.29) is 17.7 Å². The molecule has 0 aliphatic carbocycles. The van der Waals surface area contributed by atoms with Crippen LogP contribution in [0.3, 0.4) is 0 Å². The van der Waals surface area contributed by atoms with Gasteiger partial charge < -0.3 is 29.0 Å². The van der Waals surface area contributed by atoms with Gasteiger partial charge in [0.25, 0.3) is 0 Å². The molecule has 0 aromatic heterocycles. The van der Waals surface area contributed by atoms with Crippen LogP contribution < -0.4 is 5.32 Å². The Balaban J connectivity index is 1.67. The molecule has 0 spiro atoms. The van der Waals surface area contributed by atoms with Crippen molar-refractivity contribution in [2.45, 2.75) is 37.6 Å². The van der Waals surface area contributed by atoms with Crippen LogP contribution in [0, 0.1) is 0 Å². The molecule has 1 heterocycles. The number of esters is 3. The molecule has 5 atom stereocenters. The van der Waals surface area contributed by atoms with Gasteiger partial charge in [-0.2, -0.15) is 0 Å². The predicted octanol–water partition coefficient (Wildman–Crippen LogP) is 3.17. The summed E-state index contributed by atoms with van der Waals surface area (Å²) in [5, 5.41) is 2.68. The van der Waals surface area contributed by atoms with E-state index in [1.165, 1.54) is 14.0 Å². The fourth-order valence-electron chi connectivity index (χ4n) is 4.26. The van der Waals surface area contributed by atoms with E-state index in [2.05, 4.69) is 5.32 Å². The number of hydrogen-bond donors (Lipinski definition) is 1. The molecular formula is C30H29NO9. The topological polar surface area (TPSA) is 126 Å². The van der Waals surface area contributed by atoms with Crippen LogP contribution in [0.1, 0.15) is 38.0 Å². The third-order valence-electron chi connectivity index (χ3n) is 6.14. The van der Waals surface area contributed by atoms with Gasteiger partial charge in [-0.3, -0.25) is 4.79 Å². The Morgan fingerprint density at radius 1 is 0.700 bits per heavy atom. The summed E-state index contributed by atoms with van der Waals surface area (Å²) in [5.41, 5.74) is 0.785. The van der Waals surface area contributed by atoms with E-state index >= 15 is 0 Å². The maximum absolute atomic E-state index is 13.2. The lowest BCUT2D eigenvalue weighted by Crippen LogP contribution is -2.66. The number of nitrogens with one attached hydrogen (secondary N) is 1. The van der Waals surface area contributed by atoms with Crippen molar-refractivity contribution < 1.29 is 42.9 Å². The Bertz CT molecular complexity index is 1300. The summed E-state index contributed by atoms with van der Waals surface area (Å²) in [7, 11) is 1.35. The lowest BCUT2D eigenvalue weighted by Gasteiger charge is -2.44. The fraction of sp³-hybridized carbons (Fsp3) is 0.267. The Kier molecular flexibility index (Phi) is 9.61. The van der Waals surface area contributed by atoms with Crippen LogP contribution in [0.4, 0.5) is 0 Å². The molecular weight excluding hydrogens is 518 g/mol. The zero-order chi connectivity index (χ0) is 28.5. The monoisotopic (exact) mass is 547 g/mol. The molecule has 3 aromatic rings. The zero-order valence-electron chi connectivity index (χ0n) is 21.9. The second-order valence-electron chi connectivity index (χ2n) is 8.94. The number of carbonyl (C=O) groups is 4. The summed E-state index contributed by atoms with van der Waals surface area (Å²) in [5.74, 6) is -2.54. The van der Waals surface area contributed by atoms with Crippen LogP contribution in [0.25, 0.3) is 0 Å². The maximum Gasteiger partial charge on any atom is 0.338 e. The second kappa shape index (κ2) is 13.5. The Morgan fingerprint density at radius 2 is 1.15 bits per heavy atom. The molecule has 1 fully saturated rings. The predicted molar refractivity (Wildman–Crippen MR) is 141 cm³/mol. The standard InChI is InChI=1S/C30H29NO9/c1-19(32)31-24-26(40-29(35)22-16-10-5-11-17-22)25(39-28(34)21-14-8-4-9-15-21)23(38-30(24)36-2)18-37-27(33)20-12-6-3-7-13-20/h3-17,23-26,30H,18H2,1-2H3,(H,31,32). The van der Waals surface area contributed by atoms with Crippen LogP contribution in [0.2, 0.25) is 0 Å². The molecule has 1 aliphatic heterocycles. The van der Waals surface area contributed by atoms with Gasteiger partial charge in [-0.15, -0.1) is 0 Å². The smallest absolute Gasteiger partial charge is 0.338 e. The van der Waals surface area contributed by atoms with E-state index in [4.69, 9.17) is 23.7 Å². The molecule has 0 bridgehead atoms. The molecule has 5 unspecified atom stereocenters. The molecule has 3 aromatic carbocycles. The molecule has 0 radical (unpaired) electrons. The van der Waals surface area contributed by atoms with Crippen molar-refractivity contribution in [3.05, 3.63) is 108 Å². The van der Waals surface area contributed by atoms with E-state index in [9.17, 15) is 19.2 Å². The average Bonchev–Trinajstić information content (AvgIpc) is 2.99. The molecule has 4 rings (SSSR count). The third kappa shape index (κ3) is 7.10. The highest BCUT2D eigenvalue weighted by molar-refractivity contribution is 5.91. The first-order valence-corrected chi connectivity index (χ1v) is 12.6. The first-order chi connectivity index (χ1) is 19.4. The van der Waals surface area contributed by atoms with E-state index < -0.39 is 54.5 Å². The van der Waals surface area contributed by atoms with Crippen molar-refractivity contribution in [2.75, 3.05) is 13.7 Å². The van der Waals surface area contributed by atoms with Crippen molar-refractivity contribution >= 4 is 23.8 Å². The molecule has 10 heteroatoms. The minimum absolute atomic E-state index is 0.237. The number of ether oxygens (including phenoxy) is 5. The summed E-state index contributed by atoms with van der Waals surface area (Å²) in [6.07, 6.45) is -4.83. The van der Waals surface area contributed by atoms with Gasteiger partial charge in [-0.25, -0.2) is 14.4 Å². The minimum atomic E-state index is -1.30. The quantitative estimate of drug-likeness (QED) is 0.317. The summed E-state index contributed by atoms with van der Waals surface area (Å²) in [6.45, 7) is 0.911. The molecule has 208 valence electrons. The highest BCUT2D eigenvalue weighted by Crippen LogP contribution is 2.29. The molecule has 40 heavy (non-hydrogen) atoms. The summed E-state index contributed by atoms with van der Waals surface area (Å²) < 4.78 is 28.7. The van der Waals surface area contributed by atoms with Crippen LogP contribution in [-0.2, 0) is 28.5 Å². The van der Waals surface area contributed by atoms with E-state index in [0.29, 0.717) is 5.56 Å². The number of methoxy groups -OCH3 is 1. The molecule has 1 amide bonds. The molecule has 1 N–H and O–H groups in total. The van der Waals surface area contributed by atoms with E-state index in [1.54, 1.807) is 91.0 Å². The second-order valence-corrected chi connectivity index (χ2v) is 8.94. The normalized spacial score (nSPS) is 22.0. The molecule has 1 saturated heterocycles. The Labute approximate surface area is 231 Å².